The van der Waals surface area contributed by atoms with Crippen LogP contribution >= 0.6 is 0 Å². The Morgan fingerprint density at radius 1 is 1.24 bits per heavy atom. The SMILES string of the molecule is COc1ccc(N2CCC(NC(=O)[C@@H]3C[C@H]3C)CC2)cc1. The molecule has 114 valence electrons. The van der Waals surface area contributed by atoms with E-state index < -0.39 is 0 Å². The zero-order valence-electron chi connectivity index (χ0n) is 12.8. The molecule has 4 heteroatoms. The maximum Gasteiger partial charge on any atom is 0.223 e. The van der Waals surface area contributed by atoms with Crippen LogP contribution in [0.15, 0.2) is 24.3 Å². The normalized spacial score (nSPS) is 25.5. The third-order valence-electron chi connectivity index (χ3n) is 4.73. The van der Waals surface area contributed by atoms with Crippen molar-refractivity contribution in [1.82, 2.24) is 5.32 Å². The van der Waals surface area contributed by atoms with Crippen molar-refractivity contribution in [3.8, 4) is 5.75 Å². The second-order valence-corrected chi connectivity index (χ2v) is 6.29. The van der Waals surface area contributed by atoms with Crippen LogP contribution in [-0.4, -0.2) is 32.1 Å². The van der Waals surface area contributed by atoms with Gasteiger partial charge < -0.3 is 15.0 Å². The standard InChI is InChI=1S/C17H24N2O2/c1-12-11-16(12)17(20)18-13-7-9-19(10-8-13)14-3-5-15(21-2)6-4-14/h3-6,12-13,16H,7-11H2,1-2H3,(H,18,20)/t12-,16-/m1/s1. The van der Waals surface area contributed by atoms with Gasteiger partial charge in [0.25, 0.3) is 0 Å². The lowest BCUT2D eigenvalue weighted by Crippen LogP contribution is -2.45. The lowest BCUT2D eigenvalue weighted by molar-refractivity contribution is -0.123. The summed E-state index contributed by atoms with van der Waals surface area (Å²) in [6, 6.07) is 8.54. The van der Waals surface area contributed by atoms with Gasteiger partial charge in [-0.25, -0.2) is 0 Å². The van der Waals surface area contributed by atoms with Gasteiger partial charge in [-0.2, -0.15) is 0 Å². The van der Waals surface area contributed by atoms with Gasteiger partial charge in [0.05, 0.1) is 7.11 Å². The van der Waals surface area contributed by atoms with Crippen LogP contribution in [0.1, 0.15) is 26.2 Å². The summed E-state index contributed by atoms with van der Waals surface area (Å²) >= 11 is 0. The predicted octanol–water partition coefficient (Wildman–Crippen LogP) is 2.44. The molecule has 0 unspecified atom stereocenters. The number of hydrogen-bond donors (Lipinski definition) is 1. The molecule has 2 atom stereocenters. The minimum atomic E-state index is 0.269. The number of methoxy groups -OCH3 is 1. The summed E-state index contributed by atoms with van der Waals surface area (Å²) in [5.74, 6) is 2.03. The molecule has 1 heterocycles. The average Bonchev–Trinajstić information content (AvgIpc) is 3.25. The van der Waals surface area contributed by atoms with Crippen molar-refractivity contribution in [2.24, 2.45) is 11.8 Å². The number of piperidine rings is 1. The molecule has 0 aromatic heterocycles. The van der Waals surface area contributed by atoms with Gasteiger partial charge in [0, 0.05) is 30.7 Å². The smallest absolute Gasteiger partial charge is 0.223 e. The van der Waals surface area contributed by atoms with Crippen molar-refractivity contribution in [3.05, 3.63) is 24.3 Å². The van der Waals surface area contributed by atoms with Crippen molar-refractivity contribution < 1.29 is 9.53 Å². The maximum atomic E-state index is 12.0. The highest BCUT2D eigenvalue weighted by atomic mass is 16.5. The fourth-order valence-corrected chi connectivity index (χ4v) is 3.07. The number of carbonyl (C=O) groups excluding carboxylic acids is 1. The van der Waals surface area contributed by atoms with Gasteiger partial charge >= 0.3 is 0 Å². The topological polar surface area (TPSA) is 41.6 Å². The van der Waals surface area contributed by atoms with Crippen LogP contribution in [0.5, 0.6) is 5.75 Å². The highest BCUT2D eigenvalue weighted by Gasteiger charge is 2.39. The van der Waals surface area contributed by atoms with E-state index in [0.29, 0.717) is 12.0 Å². The molecule has 1 saturated carbocycles. The molecule has 0 spiro atoms. The van der Waals surface area contributed by atoms with E-state index in [0.717, 1.165) is 38.1 Å². The van der Waals surface area contributed by atoms with Crippen molar-refractivity contribution in [2.45, 2.75) is 32.2 Å². The van der Waals surface area contributed by atoms with Crippen molar-refractivity contribution in [3.63, 3.8) is 0 Å². The number of carbonyl (C=O) groups is 1. The zero-order valence-corrected chi connectivity index (χ0v) is 12.8. The Hall–Kier alpha value is -1.71. The summed E-state index contributed by atoms with van der Waals surface area (Å²) in [5, 5.41) is 3.22. The summed E-state index contributed by atoms with van der Waals surface area (Å²) in [7, 11) is 1.68. The molecule has 1 N–H and O–H groups in total. The highest BCUT2D eigenvalue weighted by molar-refractivity contribution is 5.81. The molecule has 2 fully saturated rings. The molecule has 1 saturated heterocycles. The van der Waals surface area contributed by atoms with E-state index >= 15 is 0 Å². The second-order valence-electron chi connectivity index (χ2n) is 6.29. The number of nitrogens with zero attached hydrogens (tertiary/aromatic N) is 1. The van der Waals surface area contributed by atoms with E-state index in [1.807, 2.05) is 12.1 Å². The summed E-state index contributed by atoms with van der Waals surface area (Å²) < 4.78 is 5.19. The summed E-state index contributed by atoms with van der Waals surface area (Å²) in [4.78, 5) is 14.3. The number of amides is 1. The van der Waals surface area contributed by atoms with Crippen LogP contribution in [0.2, 0.25) is 0 Å². The van der Waals surface area contributed by atoms with Crippen LogP contribution in [0.4, 0.5) is 5.69 Å². The third kappa shape index (κ3) is 3.31. The maximum absolute atomic E-state index is 12.0. The monoisotopic (exact) mass is 288 g/mol. The van der Waals surface area contributed by atoms with E-state index in [1.54, 1.807) is 7.11 Å². The first-order valence-electron chi connectivity index (χ1n) is 7.86. The molecule has 0 bridgehead atoms. The minimum Gasteiger partial charge on any atom is -0.497 e. The average molecular weight is 288 g/mol. The van der Waals surface area contributed by atoms with Crippen LogP contribution in [-0.2, 0) is 4.79 Å². The molecule has 0 radical (unpaired) electrons. The molecular weight excluding hydrogens is 264 g/mol. The van der Waals surface area contributed by atoms with Gasteiger partial charge in [0.15, 0.2) is 0 Å². The fourth-order valence-electron chi connectivity index (χ4n) is 3.07. The molecule has 21 heavy (non-hydrogen) atoms. The summed E-state index contributed by atoms with van der Waals surface area (Å²) in [5.41, 5.74) is 1.23. The molecule has 3 rings (SSSR count). The number of hydrogen-bond acceptors (Lipinski definition) is 3. The Bertz CT molecular complexity index is 492. The largest absolute Gasteiger partial charge is 0.497 e. The van der Waals surface area contributed by atoms with E-state index in [1.165, 1.54) is 5.69 Å². The van der Waals surface area contributed by atoms with Crippen molar-refractivity contribution in [1.29, 1.82) is 0 Å². The molecule has 1 aliphatic heterocycles. The summed E-state index contributed by atoms with van der Waals surface area (Å²) in [6.07, 6.45) is 3.12. The van der Waals surface area contributed by atoms with E-state index in [9.17, 15) is 4.79 Å². The number of nitrogens with one attached hydrogen (secondary N) is 1. The quantitative estimate of drug-likeness (QED) is 0.925. The van der Waals surface area contributed by atoms with Gasteiger partial charge in [-0.3, -0.25) is 4.79 Å². The molecule has 1 amide bonds. The fraction of sp³-hybridized carbons (Fsp3) is 0.588. The molecular formula is C17H24N2O2. The Balaban J connectivity index is 1.49. The highest BCUT2D eigenvalue weighted by Crippen LogP contribution is 2.38. The molecule has 1 aliphatic carbocycles. The van der Waals surface area contributed by atoms with Crippen LogP contribution in [0, 0.1) is 11.8 Å². The van der Waals surface area contributed by atoms with Gasteiger partial charge in [0.1, 0.15) is 5.75 Å². The van der Waals surface area contributed by atoms with E-state index in [-0.39, 0.29) is 11.8 Å². The third-order valence-corrected chi connectivity index (χ3v) is 4.73. The molecule has 2 aliphatic rings. The molecule has 4 nitrogen and oxygen atoms in total. The number of rotatable bonds is 4. The first-order chi connectivity index (χ1) is 10.2. The zero-order chi connectivity index (χ0) is 14.8. The van der Waals surface area contributed by atoms with E-state index in [4.69, 9.17) is 4.74 Å². The van der Waals surface area contributed by atoms with E-state index in [2.05, 4.69) is 29.3 Å². The number of ether oxygens (including phenoxy) is 1. The van der Waals surface area contributed by atoms with Crippen LogP contribution in [0.3, 0.4) is 0 Å². The Labute approximate surface area is 126 Å². The number of anilines is 1. The van der Waals surface area contributed by atoms with Crippen molar-refractivity contribution >= 4 is 11.6 Å². The van der Waals surface area contributed by atoms with Crippen LogP contribution < -0.4 is 15.0 Å². The van der Waals surface area contributed by atoms with Gasteiger partial charge in [-0.15, -0.1) is 0 Å². The second kappa shape index (κ2) is 5.96. The molecule has 1 aromatic rings. The van der Waals surface area contributed by atoms with Gasteiger partial charge in [-0.05, 0) is 49.4 Å². The summed E-state index contributed by atoms with van der Waals surface area (Å²) in [6.45, 7) is 4.14. The lowest BCUT2D eigenvalue weighted by atomic mass is 10.0. The lowest BCUT2D eigenvalue weighted by Gasteiger charge is -2.34. The first-order valence-corrected chi connectivity index (χ1v) is 7.86. The first kappa shape index (κ1) is 14.2. The van der Waals surface area contributed by atoms with Gasteiger partial charge in [-0.1, -0.05) is 6.92 Å². The number of benzene rings is 1. The molecule has 1 aromatic carbocycles. The predicted molar refractivity (Wildman–Crippen MR) is 83.6 cm³/mol. The van der Waals surface area contributed by atoms with Crippen molar-refractivity contribution in [2.75, 3.05) is 25.1 Å². The minimum absolute atomic E-state index is 0.269. The van der Waals surface area contributed by atoms with Gasteiger partial charge in [0.2, 0.25) is 5.91 Å². The van der Waals surface area contributed by atoms with Crippen LogP contribution in [0.25, 0.3) is 0 Å². The Morgan fingerprint density at radius 2 is 1.86 bits per heavy atom. The Kier molecular flexibility index (Phi) is 4.04. The Morgan fingerprint density at radius 3 is 2.38 bits per heavy atom.